The highest BCUT2D eigenvalue weighted by Crippen LogP contribution is 2.25. The zero-order valence-electron chi connectivity index (χ0n) is 8.51. The summed E-state index contributed by atoms with van der Waals surface area (Å²) in [6, 6.07) is 4.16. The number of halogens is 1. The molecule has 0 spiro atoms. The van der Waals surface area contributed by atoms with Gasteiger partial charge in [0.05, 0.1) is 6.20 Å². The summed E-state index contributed by atoms with van der Waals surface area (Å²) in [6.45, 7) is 0. The summed E-state index contributed by atoms with van der Waals surface area (Å²) in [4.78, 5) is 11.0. The maximum atomic E-state index is 13.4. The molecule has 1 N–H and O–H groups in total. The van der Waals surface area contributed by atoms with Crippen molar-refractivity contribution in [2.24, 2.45) is 7.05 Å². The summed E-state index contributed by atoms with van der Waals surface area (Å²) in [5.41, 5.74) is 0.593. The van der Waals surface area contributed by atoms with Crippen molar-refractivity contribution in [2.75, 3.05) is 0 Å². The van der Waals surface area contributed by atoms with Gasteiger partial charge in [-0.1, -0.05) is 12.1 Å². The molecule has 5 heteroatoms. The molecule has 0 radical (unpaired) electrons. The molecule has 0 fully saturated rings. The summed E-state index contributed by atoms with van der Waals surface area (Å²) < 4.78 is 14.9. The van der Waals surface area contributed by atoms with Gasteiger partial charge in [0.25, 0.3) is 0 Å². The van der Waals surface area contributed by atoms with Crippen molar-refractivity contribution in [1.29, 1.82) is 0 Å². The number of rotatable bonds is 2. The summed E-state index contributed by atoms with van der Waals surface area (Å²) in [5, 5.41) is 12.9. The number of nitrogens with zero attached hydrogens (tertiary/aromatic N) is 2. The van der Waals surface area contributed by atoms with Crippen molar-refractivity contribution in [2.45, 2.75) is 0 Å². The lowest BCUT2D eigenvalue weighted by atomic mass is 10.0. The number of benzene rings is 1. The van der Waals surface area contributed by atoms with E-state index in [1.54, 1.807) is 19.3 Å². The number of aryl methyl sites for hydroxylation is 1. The first-order chi connectivity index (χ1) is 7.59. The lowest BCUT2D eigenvalue weighted by Crippen LogP contribution is -2.02. The van der Waals surface area contributed by atoms with E-state index in [1.165, 1.54) is 16.9 Å². The lowest BCUT2D eigenvalue weighted by molar-refractivity contribution is 0.0693. The molecular weight excluding hydrogens is 211 g/mol. The van der Waals surface area contributed by atoms with E-state index in [9.17, 15) is 9.18 Å². The molecule has 4 nitrogen and oxygen atoms in total. The lowest BCUT2D eigenvalue weighted by Gasteiger charge is -2.04. The number of carbonyl (C=O) groups is 1. The molecule has 0 aliphatic heterocycles. The van der Waals surface area contributed by atoms with E-state index >= 15 is 0 Å². The third kappa shape index (κ3) is 1.67. The fourth-order valence-corrected chi connectivity index (χ4v) is 1.54. The van der Waals surface area contributed by atoms with Gasteiger partial charge in [-0.25, -0.2) is 9.18 Å². The molecule has 0 aliphatic rings. The largest absolute Gasteiger partial charge is 0.478 e. The van der Waals surface area contributed by atoms with Crippen molar-refractivity contribution in [3.63, 3.8) is 0 Å². The number of carboxylic acids is 1. The standard InChI is InChI=1S/C11H9FN2O2/c1-14-6-7(5-13-14)8-3-2-4-9(12)10(8)11(15)16/h2-6H,1H3,(H,15,16). The summed E-state index contributed by atoms with van der Waals surface area (Å²) in [5.74, 6) is -2.02. The number of aromatic carboxylic acids is 1. The highest BCUT2D eigenvalue weighted by Gasteiger charge is 2.17. The van der Waals surface area contributed by atoms with Crippen LogP contribution in [0.1, 0.15) is 10.4 Å². The van der Waals surface area contributed by atoms with Gasteiger partial charge in [-0.15, -0.1) is 0 Å². The molecule has 0 unspecified atom stereocenters. The summed E-state index contributed by atoms with van der Waals surface area (Å²) in [7, 11) is 1.71. The van der Waals surface area contributed by atoms with E-state index in [0.717, 1.165) is 6.07 Å². The smallest absolute Gasteiger partial charge is 0.339 e. The minimum atomic E-state index is -1.28. The Kier molecular flexibility index (Phi) is 2.44. The maximum Gasteiger partial charge on any atom is 0.339 e. The predicted octanol–water partition coefficient (Wildman–Crippen LogP) is 1.92. The number of hydrogen-bond donors (Lipinski definition) is 1. The Morgan fingerprint density at radius 2 is 2.25 bits per heavy atom. The Labute approximate surface area is 90.9 Å². The first-order valence-electron chi connectivity index (χ1n) is 4.60. The number of hydrogen-bond acceptors (Lipinski definition) is 2. The number of carboxylic acid groups (broad SMARTS) is 1. The van der Waals surface area contributed by atoms with Crippen LogP contribution in [0.4, 0.5) is 4.39 Å². The minimum absolute atomic E-state index is 0.324. The highest BCUT2D eigenvalue weighted by atomic mass is 19.1. The zero-order chi connectivity index (χ0) is 11.7. The van der Waals surface area contributed by atoms with Crippen LogP contribution in [-0.2, 0) is 7.05 Å². The topological polar surface area (TPSA) is 55.1 Å². The van der Waals surface area contributed by atoms with Crippen LogP contribution >= 0.6 is 0 Å². The molecule has 1 heterocycles. The molecule has 16 heavy (non-hydrogen) atoms. The van der Waals surface area contributed by atoms with E-state index < -0.39 is 11.8 Å². The van der Waals surface area contributed by atoms with Crippen molar-refractivity contribution < 1.29 is 14.3 Å². The van der Waals surface area contributed by atoms with E-state index in [0.29, 0.717) is 11.1 Å². The van der Waals surface area contributed by atoms with Crippen LogP contribution in [0.2, 0.25) is 0 Å². The van der Waals surface area contributed by atoms with Crippen molar-refractivity contribution in [1.82, 2.24) is 9.78 Å². The molecule has 1 aromatic carbocycles. The second kappa shape index (κ2) is 3.77. The van der Waals surface area contributed by atoms with Crippen molar-refractivity contribution >= 4 is 5.97 Å². The van der Waals surface area contributed by atoms with E-state index in [1.807, 2.05) is 0 Å². The molecule has 0 bridgehead atoms. The first kappa shape index (κ1) is 10.4. The van der Waals surface area contributed by atoms with Gasteiger partial charge in [0.1, 0.15) is 11.4 Å². The fourth-order valence-electron chi connectivity index (χ4n) is 1.54. The second-order valence-electron chi connectivity index (χ2n) is 3.37. The quantitative estimate of drug-likeness (QED) is 0.841. The summed E-state index contributed by atoms with van der Waals surface area (Å²) >= 11 is 0. The molecule has 0 saturated carbocycles. The van der Waals surface area contributed by atoms with Crippen LogP contribution < -0.4 is 0 Å². The molecule has 0 aliphatic carbocycles. The Hall–Kier alpha value is -2.17. The molecule has 2 aromatic rings. The van der Waals surface area contributed by atoms with Crippen LogP contribution in [0.25, 0.3) is 11.1 Å². The highest BCUT2D eigenvalue weighted by molar-refractivity contribution is 5.96. The van der Waals surface area contributed by atoms with Gasteiger partial charge in [0.15, 0.2) is 0 Å². The van der Waals surface area contributed by atoms with Crippen LogP contribution in [0.5, 0.6) is 0 Å². The van der Waals surface area contributed by atoms with Gasteiger partial charge in [0.2, 0.25) is 0 Å². The minimum Gasteiger partial charge on any atom is -0.478 e. The van der Waals surface area contributed by atoms with Gasteiger partial charge in [0, 0.05) is 24.4 Å². The van der Waals surface area contributed by atoms with Gasteiger partial charge < -0.3 is 5.11 Å². The summed E-state index contributed by atoms with van der Waals surface area (Å²) in [6.07, 6.45) is 3.14. The molecule has 0 atom stereocenters. The predicted molar refractivity (Wildman–Crippen MR) is 55.6 cm³/mol. The molecule has 2 rings (SSSR count). The molecule has 0 saturated heterocycles. The molecule has 1 aromatic heterocycles. The van der Waals surface area contributed by atoms with Gasteiger partial charge in [-0.3, -0.25) is 4.68 Å². The first-order valence-corrected chi connectivity index (χ1v) is 4.60. The normalized spacial score (nSPS) is 10.4. The monoisotopic (exact) mass is 220 g/mol. The molecule has 82 valence electrons. The zero-order valence-corrected chi connectivity index (χ0v) is 8.51. The van der Waals surface area contributed by atoms with Crippen molar-refractivity contribution in [3.05, 3.63) is 42.0 Å². The second-order valence-corrected chi connectivity index (χ2v) is 3.37. The Balaban J connectivity index is 2.65. The Morgan fingerprint density at radius 3 is 2.81 bits per heavy atom. The Bertz CT molecular complexity index is 549. The van der Waals surface area contributed by atoms with Crippen LogP contribution in [0, 0.1) is 5.82 Å². The van der Waals surface area contributed by atoms with Crippen LogP contribution in [0.3, 0.4) is 0 Å². The maximum absolute atomic E-state index is 13.4. The fraction of sp³-hybridized carbons (Fsp3) is 0.0909. The van der Waals surface area contributed by atoms with Gasteiger partial charge in [-0.2, -0.15) is 5.10 Å². The van der Waals surface area contributed by atoms with Crippen LogP contribution in [-0.4, -0.2) is 20.9 Å². The molecule has 0 amide bonds. The number of aromatic nitrogens is 2. The van der Waals surface area contributed by atoms with E-state index in [2.05, 4.69) is 5.10 Å². The Morgan fingerprint density at radius 1 is 1.50 bits per heavy atom. The SMILES string of the molecule is Cn1cc(-c2cccc(F)c2C(=O)O)cn1. The third-order valence-corrected chi connectivity index (χ3v) is 2.24. The van der Waals surface area contributed by atoms with E-state index in [-0.39, 0.29) is 5.56 Å². The van der Waals surface area contributed by atoms with Gasteiger partial charge in [-0.05, 0) is 6.07 Å². The van der Waals surface area contributed by atoms with E-state index in [4.69, 9.17) is 5.11 Å². The molecular formula is C11H9FN2O2. The van der Waals surface area contributed by atoms with Crippen LogP contribution in [0.15, 0.2) is 30.6 Å². The third-order valence-electron chi connectivity index (χ3n) is 2.24. The van der Waals surface area contributed by atoms with Gasteiger partial charge >= 0.3 is 5.97 Å². The average molecular weight is 220 g/mol. The average Bonchev–Trinajstić information content (AvgIpc) is 2.63. The van der Waals surface area contributed by atoms with Crippen molar-refractivity contribution in [3.8, 4) is 11.1 Å².